The third-order valence-electron chi connectivity index (χ3n) is 2.91. The lowest BCUT2D eigenvalue weighted by atomic mass is 10.0. The zero-order valence-electron chi connectivity index (χ0n) is 10.2. The summed E-state index contributed by atoms with van der Waals surface area (Å²) in [4.78, 5) is 17.6. The maximum absolute atomic E-state index is 11.1. The summed E-state index contributed by atoms with van der Waals surface area (Å²) in [7, 11) is 1.80. The van der Waals surface area contributed by atoms with Crippen LogP contribution in [0, 0.1) is 0 Å². The van der Waals surface area contributed by atoms with Gasteiger partial charge in [0.05, 0.1) is 31.1 Å². The van der Waals surface area contributed by atoms with Crippen LogP contribution in [-0.4, -0.2) is 39.0 Å². The third-order valence-corrected chi connectivity index (χ3v) is 2.91. The molecule has 0 spiro atoms. The Kier molecular flexibility index (Phi) is 3.63. The molecular formula is C11H16N4O3. The van der Waals surface area contributed by atoms with Crippen molar-refractivity contribution in [3.05, 3.63) is 30.1 Å². The van der Waals surface area contributed by atoms with Gasteiger partial charge in [0.2, 0.25) is 0 Å². The molecule has 0 aliphatic carbocycles. The van der Waals surface area contributed by atoms with Crippen LogP contribution in [0.1, 0.15) is 17.3 Å². The van der Waals surface area contributed by atoms with Gasteiger partial charge in [0, 0.05) is 19.2 Å². The number of hydrogen-bond donors (Lipinski definition) is 2. The van der Waals surface area contributed by atoms with E-state index in [0.29, 0.717) is 19.7 Å². The standard InChI is InChI=1S/C11H16N4O3/c1-3-4-18-13-9-6-15(11(16)17)7-10-8(9)5-12-14(10)2/h3,5,9,13H,1,4,6-7H2,2H3,(H,16,17). The van der Waals surface area contributed by atoms with Crippen molar-refractivity contribution in [1.29, 1.82) is 0 Å². The van der Waals surface area contributed by atoms with E-state index in [1.165, 1.54) is 4.90 Å². The highest BCUT2D eigenvalue weighted by Gasteiger charge is 2.30. The van der Waals surface area contributed by atoms with E-state index in [4.69, 9.17) is 9.94 Å². The molecule has 7 nitrogen and oxygen atoms in total. The lowest BCUT2D eigenvalue weighted by Crippen LogP contribution is -2.42. The monoisotopic (exact) mass is 252 g/mol. The molecule has 1 amide bonds. The van der Waals surface area contributed by atoms with Gasteiger partial charge in [-0.05, 0) is 0 Å². The smallest absolute Gasteiger partial charge is 0.407 e. The van der Waals surface area contributed by atoms with Gasteiger partial charge in [-0.2, -0.15) is 10.6 Å². The first-order valence-corrected chi connectivity index (χ1v) is 5.60. The molecule has 0 radical (unpaired) electrons. The molecule has 1 aromatic rings. The molecule has 1 atom stereocenters. The van der Waals surface area contributed by atoms with Crippen LogP contribution in [0.2, 0.25) is 0 Å². The fourth-order valence-electron chi connectivity index (χ4n) is 1.98. The normalized spacial score (nSPS) is 18.5. The second-order valence-electron chi connectivity index (χ2n) is 4.10. The highest BCUT2D eigenvalue weighted by atomic mass is 16.6. The third kappa shape index (κ3) is 2.36. The van der Waals surface area contributed by atoms with Crippen molar-refractivity contribution in [2.24, 2.45) is 7.05 Å². The highest BCUT2D eigenvalue weighted by molar-refractivity contribution is 5.65. The SMILES string of the molecule is C=CCONC1CN(C(=O)O)Cc2c1cnn2C. The Morgan fingerprint density at radius 3 is 3.28 bits per heavy atom. The number of aryl methyl sites for hydroxylation is 1. The summed E-state index contributed by atoms with van der Waals surface area (Å²) in [6, 6.07) is -0.210. The van der Waals surface area contributed by atoms with Gasteiger partial charge >= 0.3 is 6.09 Å². The number of amides is 1. The first-order valence-electron chi connectivity index (χ1n) is 5.60. The van der Waals surface area contributed by atoms with Gasteiger partial charge in [-0.1, -0.05) is 6.08 Å². The Morgan fingerprint density at radius 1 is 1.83 bits per heavy atom. The highest BCUT2D eigenvalue weighted by Crippen LogP contribution is 2.25. The molecule has 18 heavy (non-hydrogen) atoms. The summed E-state index contributed by atoms with van der Waals surface area (Å²) in [5.74, 6) is 0. The Morgan fingerprint density at radius 2 is 2.61 bits per heavy atom. The minimum atomic E-state index is -0.947. The topological polar surface area (TPSA) is 79.6 Å². The summed E-state index contributed by atoms with van der Waals surface area (Å²) in [6.07, 6.45) is 2.41. The zero-order valence-corrected chi connectivity index (χ0v) is 10.2. The van der Waals surface area contributed by atoms with E-state index in [9.17, 15) is 4.79 Å². The Labute approximate surface area is 105 Å². The summed E-state index contributed by atoms with van der Waals surface area (Å²) >= 11 is 0. The fourth-order valence-corrected chi connectivity index (χ4v) is 1.98. The van der Waals surface area contributed by atoms with Crippen LogP contribution < -0.4 is 5.48 Å². The van der Waals surface area contributed by atoms with E-state index in [1.807, 2.05) is 0 Å². The fraction of sp³-hybridized carbons (Fsp3) is 0.455. The van der Waals surface area contributed by atoms with Crippen LogP contribution >= 0.6 is 0 Å². The lowest BCUT2D eigenvalue weighted by molar-refractivity contribution is 0.0187. The molecule has 2 N–H and O–H groups in total. The van der Waals surface area contributed by atoms with Crippen LogP contribution in [0.5, 0.6) is 0 Å². The van der Waals surface area contributed by atoms with Crippen molar-refractivity contribution in [1.82, 2.24) is 20.2 Å². The van der Waals surface area contributed by atoms with Crippen LogP contribution in [0.15, 0.2) is 18.9 Å². The quantitative estimate of drug-likeness (QED) is 0.467. The van der Waals surface area contributed by atoms with E-state index in [2.05, 4.69) is 17.2 Å². The molecule has 2 rings (SSSR count). The lowest BCUT2D eigenvalue weighted by Gasteiger charge is -2.31. The van der Waals surface area contributed by atoms with Gasteiger partial charge in [0.15, 0.2) is 0 Å². The number of rotatable bonds is 4. The summed E-state index contributed by atoms with van der Waals surface area (Å²) in [6.45, 7) is 4.60. The Hall–Kier alpha value is -1.86. The average Bonchev–Trinajstić information content (AvgIpc) is 2.71. The van der Waals surface area contributed by atoms with Gasteiger partial charge in [-0.25, -0.2) is 4.79 Å². The van der Waals surface area contributed by atoms with Crippen molar-refractivity contribution < 1.29 is 14.7 Å². The molecule has 0 bridgehead atoms. The summed E-state index contributed by atoms with van der Waals surface area (Å²) in [5, 5.41) is 13.2. The average molecular weight is 252 g/mol. The van der Waals surface area contributed by atoms with E-state index in [-0.39, 0.29) is 6.04 Å². The summed E-state index contributed by atoms with van der Waals surface area (Å²) < 4.78 is 1.69. The van der Waals surface area contributed by atoms with Crippen LogP contribution in [0.25, 0.3) is 0 Å². The molecule has 98 valence electrons. The second-order valence-corrected chi connectivity index (χ2v) is 4.10. The van der Waals surface area contributed by atoms with E-state index in [0.717, 1.165) is 11.3 Å². The molecular weight excluding hydrogens is 236 g/mol. The second kappa shape index (κ2) is 5.19. The number of carbonyl (C=O) groups is 1. The maximum Gasteiger partial charge on any atom is 0.407 e. The summed E-state index contributed by atoms with van der Waals surface area (Å²) in [5.41, 5.74) is 4.70. The Bertz CT molecular complexity index is 457. The van der Waals surface area contributed by atoms with E-state index < -0.39 is 6.09 Å². The number of nitrogens with one attached hydrogen (secondary N) is 1. The number of hydrogen-bond acceptors (Lipinski definition) is 4. The van der Waals surface area contributed by atoms with Gasteiger partial charge in [0.1, 0.15) is 0 Å². The van der Waals surface area contributed by atoms with Crippen molar-refractivity contribution >= 4 is 6.09 Å². The molecule has 1 aromatic heterocycles. The number of nitrogens with zero attached hydrogens (tertiary/aromatic N) is 3. The number of hydroxylamine groups is 1. The van der Waals surface area contributed by atoms with E-state index in [1.54, 1.807) is 24.0 Å². The maximum atomic E-state index is 11.1. The molecule has 0 aromatic carbocycles. The molecule has 1 aliphatic rings. The minimum absolute atomic E-state index is 0.210. The number of carboxylic acid groups (broad SMARTS) is 1. The molecule has 7 heteroatoms. The number of aromatic nitrogens is 2. The molecule has 0 saturated heterocycles. The molecule has 1 aliphatic heterocycles. The van der Waals surface area contributed by atoms with Crippen molar-refractivity contribution in [3.8, 4) is 0 Å². The zero-order chi connectivity index (χ0) is 13.1. The number of fused-ring (bicyclic) bond motifs is 1. The largest absolute Gasteiger partial charge is 0.465 e. The first kappa shape index (κ1) is 12.6. The van der Waals surface area contributed by atoms with E-state index >= 15 is 0 Å². The van der Waals surface area contributed by atoms with Gasteiger partial charge in [-0.3, -0.25) is 9.52 Å². The molecule has 0 fully saturated rings. The van der Waals surface area contributed by atoms with Gasteiger partial charge < -0.3 is 10.0 Å². The van der Waals surface area contributed by atoms with Gasteiger partial charge in [0.25, 0.3) is 0 Å². The van der Waals surface area contributed by atoms with Gasteiger partial charge in [-0.15, -0.1) is 6.58 Å². The predicted molar refractivity (Wildman–Crippen MR) is 63.7 cm³/mol. The predicted octanol–water partition coefficient (Wildman–Crippen LogP) is 0.662. The van der Waals surface area contributed by atoms with Crippen LogP contribution in [-0.2, 0) is 18.4 Å². The Balaban J connectivity index is 2.17. The molecule has 1 unspecified atom stereocenters. The minimum Gasteiger partial charge on any atom is -0.465 e. The van der Waals surface area contributed by atoms with Crippen molar-refractivity contribution in [3.63, 3.8) is 0 Å². The molecule has 0 saturated carbocycles. The molecule has 2 heterocycles. The van der Waals surface area contributed by atoms with Crippen LogP contribution in [0.4, 0.5) is 4.79 Å². The van der Waals surface area contributed by atoms with Crippen molar-refractivity contribution in [2.75, 3.05) is 13.2 Å². The van der Waals surface area contributed by atoms with Crippen molar-refractivity contribution in [2.45, 2.75) is 12.6 Å². The van der Waals surface area contributed by atoms with Crippen LogP contribution in [0.3, 0.4) is 0 Å². The first-order chi connectivity index (χ1) is 8.63.